The Kier molecular flexibility index (Phi) is 2.08. The molecule has 1 aromatic rings. The first-order chi connectivity index (χ1) is 7.29. The zero-order chi connectivity index (χ0) is 10.4. The van der Waals surface area contributed by atoms with E-state index in [1.807, 2.05) is 6.33 Å². The third-order valence-corrected chi connectivity index (χ3v) is 4.11. The van der Waals surface area contributed by atoms with Crippen LogP contribution in [-0.4, -0.2) is 14.8 Å². The van der Waals surface area contributed by atoms with Gasteiger partial charge in [-0.1, -0.05) is 12.8 Å². The molecule has 1 aromatic heterocycles. The Morgan fingerprint density at radius 2 is 1.93 bits per heavy atom. The van der Waals surface area contributed by atoms with Crippen LogP contribution >= 0.6 is 0 Å². The Labute approximate surface area is 90.9 Å². The van der Waals surface area contributed by atoms with Crippen LogP contribution in [0, 0.1) is 11.8 Å². The van der Waals surface area contributed by atoms with E-state index in [4.69, 9.17) is 0 Å². The van der Waals surface area contributed by atoms with Gasteiger partial charge >= 0.3 is 0 Å². The molecule has 2 saturated carbocycles. The van der Waals surface area contributed by atoms with Crippen molar-refractivity contribution in [3.63, 3.8) is 0 Å². The van der Waals surface area contributed by atoms with E-state index >= 15 is 0 Å². The summed E-state index contributed by atoms with van der Waals surface area (Å²) in [4.78, 5) is 0. The van der Waals surface area contributed by atoms with Crippen molar-refractivity contribution in [2.75, 3.05) is 0 Å². The third-order valence-electron chi connectivity index (χ3n) is 4.11. The molecular formula is C12H19N3. The van der Waals surface area contributed by atoms with E-state index in [1.165, 1.54) is 31.5 Å². The van der Waals surface area contributed by atoms with Crippen molar-refractivity contribution in [3.05, 3.63) is 12.2 Å². The molecule has 2 aliphatic carbocycles. The van der Waals surface area contributed by atoms with Gasteiger partial charge in [0.2, 0.25) is 0 Å². The summed E-state index contributed by atoms with van der Waals surface area (Å²) >= 11 is 0. The summed E-state index contributed by atoms with van der Waals surface area (Å²) in [5, 5.41) is 8.41. The van der Waals surface area contributed by atoms with E-state index < -0.39 is 0 Å². The molecule has 1 heterocycles. The lowest BCUT2D eigenvalue weighted by atomic mass is 10.0. The Hall–Kier alpha value is -0.860. The van der Waals surface area contributed by atoms with Crippen LogP contribution in [0.25, 0.3) is 0 Å². The van der Waals surface area contributed by atoms with Gasteiger partial charge in [-0.05, 0) is 38.5 Å². The Balaban J connectivity index is 1.85. The molecule has 3 nitrogen and oxygen atoms in total. The number of fused-ring (bicyclic) bond motifs is 1. The lowest BCUT2D eigenvalue weighted by Crippen LogP contribution is -2.05. The van der Waals surface area contributed by atoms with Crippen LogP contribution < -0.4 is 0 Å². The van der Waals surface area contributed by atoms with Gasteiger partial charge in [0.25, 0.3) is 0 Å². The van der Waals surface area contributed by atoms with Crippen LogP contribution in [0.5, 0.6) is 0 Å². The fourth-order valence-corrected chi connectivity index (χ4v) is 3.26. The number of nitrogens with zero attached hydrogens (tertiary/aromatic N) is 3. The summed E-state index contributed by atoms with van der Waals surface area (Å²) in [6.07, 6.45) is 7.58. The van der Waals surface area contributed by atoms with Gasteiger partial charge in [-0.2, -0.15) is 0 Å². The summed E-state index contributed by atoms with van der Waals surface area (Å²) < 4.78 is 2.25. The first-order valence-corrected chi connectivity index (χ1v) is 6.18. The van der Waals surface area contributed by atoms with Gasteiger partial charge in [0.15, 0.2) is 0 Å². The molecule has 2 atom stereocenters. The predicted molar refractivity (Wildman–Crippen MR) is 58.6 cm³/mol. The van der Waals surface area contributed by atoms with Crippen LogP contribution in [0.4, 0.5) is 0 Å². The highest BCUT2D eigenvalue weighted by Crippen LogP contribution is 2.60. The van der Waals surface area contributed by atoms with E-state index in [0.29, 0.717) is 6.04 Å². The molecule has 0 spiro atoms. The summed E-state index contributed by atoms with van der Waals surface area (Å²) in [6, 6.07) is 0.498. The molecular weight excluding hydrogens is 186 g/mol. The van der Waals surface area contributed by atoms with Gasteiger partial charge in [0.05, 0.1) is 0 Å². The fraction of sp³-hybridized carbons (Fsp3) is 0.833. The van der Waals surface area contributed by atoms with Crippen LogP contribution in [-0.2, 0) is 0 Å². The molecule has 3 rings (SSSR count). The second-order valence-electron chi connectivity index (χ2n) is 5.33. The molecule has 0 N–H and O–H groups in total. The minimum absolute atomic E-state index is 0.498. The Bertz CT molecular complexity index is 344. The largest absolute Gasteiger partial charge is 0.315 e. The van der Waals surface area contributed by atoms with Crippen LogP contribution in [0.2, 0.25) is 0 Å². The van der Waals surface area contributed by atoms with Crippen LogP contribution in [0.1, 0.15) is 57.3 Å². The van der Waals surface area contributed by atoms with Gasteiger partial charge in [0.1, 0.15) is 12.2 Å². The smallest absolute Gasteiger partial charge is 0.136 e. The van der Waals surface area contributed by atoms with Crippen molar-refractivity contribution >= 4 is 0 Å². The van der Waals surface area contributed by atoms with Crippen molar-refractivity contribution in [1.82, 2.24) is 14.8 Å². The van der Waals surface area contributed by atoms with Gasteiger partial charge < -0.3 is 4.57 Å². The number of hydrogen-bond acceptors (Lipinski definition) is 2. The summed E-state index contributed by atoms with van der Waals surface area (Å²) in [6.45, 7) is 4.41. The molecule has 3 heteroatoms. The van der Waals surface area contributed by atoms with Crippen molar-refractivity contribution in [3.8, 4) is 0 Å². The first-order valence-electron chi connectivity index (χ1n) is 6.18. The maximum Gasteiger partial charge on any atom is 0.136 e. The number of hydrogen-bond donors (Lipinski definition) is 0. The van der Waals surface area contributed by atoms with E-state index in [1.54, 1.807) is 0 Å². The zero-order valence-corrected chi connectivity index (χ0v) is 9.56. The van der Waals surface area contributed by atoms with Crippen LogP contribution in [0.3, 0.4) is 0 Å². The van der Waals surface area contributed by atoms with E-state index in [0.717, 1.165) is 17.8 Å². The minimum Gasteiger partial charge on any atom is -0.315 e. The molecule has 0 amide bonds. The van der Waals surface area contributed by atoms with E-state index in [2.05, 4.69) is 28.6 Å². The van der Waals surface area contributed by atoms with Crippen molar-refractivity contribution in [1.29, 1.82) is 0 Å². The Morgan fingerprint density at radius 3 is 2.53 bits per heavy atom. The molecule has 15 heavy (non-hydrogen) atoms. The summed E-state index contributed by atoms with van der Waals surface area (Å²) in [5.41, 5.74) is 0. The predicted octanol–water partition coefficient (Wildman–Crippen LogP) is 2.76. The average molecular weight is 205 g/mol. The molecule has 0 aromatic carbocycles. The van der Waals surface area contributed by atoms with Gasteiger partial charge in [-0.15, -0.1) is 10.2 Å². The fourth-order valence-electron chi connectivity index (χ4n) is 3.26. The van der Waals surface area contributed by atoms with E-state index in [-0.39, 0.29) is 0 Å². The molecule has 2 fully saturated rings. The Morgan fingerprint density at radius 1 is 1.27 bits per heavy atom. The lowest BCUT2D eigenvalue weighted by molar-refractivity contribution is 0.480. The SMILES string of the molecule is CC(C)n1cnnc1C1C2CCCCC21. The van der Waals surface area contributed by atoms with Gasteiger partial charge in [-0.3, -0.25) is 0 Å². The standard InChI is InChI=1S/C12H19N3/c1-8(2)15-7-13-14-12(15)11-9-5-3-4-6-10(9)11/h7-11H,3-6H2,1-2H3. The first kappa shape index (κ1) is 9.37. The molecule has 2 aliphatic rings. The molecule has 0 aliphatic heterocycles. The maximum atomic E-state index is 4.34. The van der Waals surface area contributed by atoms with Crippen LogP contribution in [0.15, 0.2) is 6.33 Å². The monoisotopic (exact) mass is 205 g/mol. The van der Waals surface area contributed by atoms with E-state index in [9.17, 15) is 0 Å². The second kappa shape index (κ2) is 3.32. The summed E-state index contributed by atoms with van der Waals surface area (Å²) in [7, 11) is 0. The number of rotatable bonds is 2. The zero-order valence-electron chi connectivity index (χ0n) is 9.56. The summed E-state index contributed by atoms with van der Waals surface area (Å²) in [5.74, 6) is 3.85. The maximum absolute atomic E-state index is 4.34. The second-order valence-corrected chi connectivity index (χ2v) is 5.33. The number of aromatic nitrogens is 3. The molecule has 0 saturated heterocycles. The molecule has 2 unspecified atom stereocenters. The average Bonchev–Trinajstić information content (AvgIpc) is 2.74. The van der Waals surface area contributed by atoms with Gasteiger partial charge in [-0.25, -0.2) is 0 Å². The normalized spacial score (nSPS) is 34.2. The topological polar surface area (TPSA) is 30.7 Å². The quantitative estimate of drug-likeness (QED) is 0.743. The highest BCUT2D eigenvalue weighted by Gasteiger charge is 2.53. The van der Waals surface area contributed by atoms with Crippen molar-refractivity contribution < 1.29 is 0 Å². The highest BCUT2D eigenvalue weighted by atomic mass is 15.3. The van der Waals surface area contributed by atoms with Crippen molar-refractivity contribution in [2.24, 2.45) is 11.8 Å². The molecule has 0 radical (unpaired) electrons. The van der Waals surface area contributed by atoms with Crippen molar-refractivity contribution in [2.45, 2.75) is 51.5 Å². The third kappa shape index (κ3) is 1.40. The molecule has 82 valence electrons. The van der Waals surface area contributed by atoms with Gasteiger partial charge in [0, 0.05) is 12.0 Å². The lowest BCUT2D eigenvalue weighted by Gasteiger charge is -2.09. The highest BCUT2D eigenvalue weighted by molar-refractivity contribution is 5.17. The molecule has 0 bridgehead atoms. The minimum atomic E-state index is 0.498.